The monoisotopic (exact) mass is 430 g/mol. The van der Waals surface area contributed by atoms with Crippen LogP contribution in [-0.2, 0) is 14.8 Å². The lowest BCUT2D eigenvalue weighted by atomic mass is 10.1. The second kappa shape index (κ2) is 9.24. The Morgan fingerprint density at radius 1 is 1.23 bits per heavy atom. The molecule has 1 atom stereocenters. The van der Waals surface area contributed by atoms with E-state index in [9.17, 15) is 17.6 Å². The van der Waals surface area contributed by atoms with Gasteiger partial charge in [0.1, 0.15) is 5.82 Å². The summed E-state index contributed by atoms with van der Waals surface area (Å²) < 4.78 is 39.2. The molecule has 3 rings (SSSR count). The molecule has 0 bridgehead atoms. The van der Waals surface area contributed by atoms with Crippen LogP contribution in [-0.4, -0.2) is 51.9 Å². The number of amides is 1. The van der Waals surface area contributed by atoms with Crippen molar-refractivity contribution in [2.45, 2.75) is 11.3 Å². The number of sulfonamides is 1. The number of nitriles is 1. The number of anilines is 1. The summed E-state index contributed by atoms with van der Waals surface area (Å²) in [4.78, 5) is 14.4. The van der Waals surface area contributed by atoms with E-state index >= 15 is 0 Å². The van der Waals surface area contributed by atoms with Gasteiger partial charge in [0.25, 0.3) is 0 Å². The van der Waals surface area contributed by atoms with Crippen molar-refractivity contribution >= 4 is 21.6 Å². The Bertz CT molecular complexity index is 1030. The van der Waals surface area contributed by atoms with Crippen LogP contribution >= 0.6 is 0 Å². The molecule has 1 aliphatic heterocycles. The highest BCUT2D eigenvalue weighted by molar-refractivity contribution is 7.89. The highest BCUT2D eigenvalue weighted by Crippen LogP contribution is 2.23. The van der Waals surface area contributed by atoms with Crippen molar-refractivity contribution < 1.29 is 17.6 Å². The molecular weight excluding hydrogens is 407 g/mol. The third kappa shape index (κ3) is 5.14. The number of benzene rings is 2. The first kappa shape index (κ1) is 21.7. The number of nitrogens with one attached hydrogen (secondary N) is 1. The summed E-state index contributed by atoms with van der Waals surface area (Å²) in [7, 11) is -2.47. The van der Waals surface area contributed by atoms with Gasteiger partial charge in [-0.3, -0.25) is 4.79 Å². The van der Waals surface area contributed by atoms with E-state index in [4.69, 9.17) is 5.26 Å². The Morgan fingerprint density at radius 3 is 2.53 bits per heavy atom. The molecule has 7 nitrogen and oxygen atoms in total. The highest BCUT2D eigenvalue weighted by Gasteiger charge is 2.25. The van der Waals surface area contributed by atoms with Crippen LogP contribution in [0.4, 0.5) is 10.1 Å². The lowest BCUT2D eigenvalue weighted by Gasteiger charge is -2.20. The van der Waals surface area contributed by atoms with E-state index in [0.29, 0.717) is 12.1 Å². The van der Waals surface area contributed by atoms with Crippen molar-refractivity contribution in [2.75, 3.05) is 38.1 Å². The zero-order valence-electron chi connectivity index (χ0n) is 16.6. The standard InChI is InChI=1S/C21H23FN4O3S/c1-25(30(28,29)20-8-2-16(12-23)3-9-20)15-21(27)24-13-17-10-11-26(14-17)19-6-4-18(22)5-7-19/h2-9,17H,10-11,13-15H2,1H3,(H,24,27). The van der Waals surface area contributed by atoms with Gasteiger partial charge < -0.3 is 10.2 Å². The number of hydrogen-bond acceptors (Lipinski definition) is 5. The van der Waals surface area contributed by atoms with Crippen LogP contribution < -0.4 is 10.2 Å². The van der Waals surface area contributed by atoms with E-state index in [1.807, 2.05) is 6.07 Å². The van der Waals surface area contributed by atoms with Gasteiger partial charge in [-0.05, 0) is 60.9 Å². The predicted octanol–water partition coefficient (Wildman–Crippen LogP) is 1.96. The Labute approximate surface area is 175 Å². The summed E-state index contributed by atoms with van der Waals surface area (Å²) in [5.74, 6) is -0.420. The SMILES string of the molecule is CN(CC(=O)NCC1CCN(c2ccc(F)cc2)C1)S(=O)(=O)c1ccc(C#N)cc1. The predicted molar refractivity (Wildman–Crippen MR) is 111 cm³/mol. The molecule has 1 N–H and O–H groups in total. The third-order valence-corrected chi connectivity index (χ3v) is 6.94. The zero-order valence-corrected chi connectivity index (χ0v) is 17.4. The van der Waals surface area contributed by atoms with Gasteiger partial charge >= 0.3 is 0 Å². The van der Waals surface area contributed by atoms with E-state index in [0.717, 1.165) is 29.5 Å². The summed E-state index contributed by atoms with van der Waals surface area (Å²) in [5, 5.41) is 11.6. The van der Waals surface area contributed by atoms with Crippen LogP contribution in [0.15, 0.2) is 53.4 Å². The maximum absolute atomic E-state index is 13.1. The van der Waals surface area contributed by atoms with Gasteiger partial charge in [0.15, 0.2) is 0 Å². The van der Waals surface area contributed by atoms with Crippen LogP contribution in [0, 0.1) is 23.1 Å². The molecule has 0 radical (unpaired) electrons. The fourth-order valence-electron chi connectivity index (χ4n) is 3.37. The van der Waals surface area contributed by atoms with E-state index in [1.165, 1.54) is 43.4 Å². The average Bonchev–Trinajstić information content (AvgIpc) is 3.22. The second-order valence-electron chi connectivity index (χ2n) is 7.28. The minimum Gasteiger partial charge on any atom is -0.371 e. The molecule has 1 unspecified atom stereocenters. The van der Waals surface area contributed by atoms with Gasteiger partial charge in [0.2, 0.25) is 15.9 Å². The topological polar surface area (TPSA) is 93.5 Å². The number of carbonyl (C=O) groups is 1. The number of carbonyl (C=O) groups excluding carboxylic acids is 1. The second-order valence-corrected chi connectivity index (χ2v) is 9.32. The molecule has 1 fully saturated rings. The quantitative estimate of drug-likeness (QED) is 0.725. The first-order chi connectivity index (χ1) is 14.3. The lowest BCUT2D eigenvalue weighted by molar-refractivity contribution is -0.121. The van der Waals surface area contributed by atoms with E-state index in [-0.39, 0.29) is 29.1 Å². The fraction of sp³-hybridized carbons (Fsp3) is 0.333. The van der Waals surface area contributed by atoms with Crippen LogP contribution in [0.1, 0.15) is 12.0 Å². The molecule has 0 aliphatic carbocycles. The van der Waals surface area contributed by atoms with Crippen molar-refractivity contribution in [3.63, 3.8) is 0 Å². The van der Waals surface area contributed by atoms with Gasteiger partial charge in [-0.1, -0.05) is 0 Å². The van der Waals surface area contributed by atoms with Crippen molar-refractivity contribution in [1.29, 1.82) is 5.26 Å². The number of nitrogens with zero attached hydrogens (tertiary/aromatic N) is 3. The summed E-state index contributed by atoms with van der Waals surface area (Å²) in [6.07, 6.45) is 0.886. The zero-order chi connectivity index (χ0) is 21.7. The van der Waals surface area contributed by atoms with Crippen LogP contribution in [0.2, 0.25) is 0 Å². The fourth-order valence-corrected chi connectivity index (χ4v) is 4.50. The van der Waals surface area contributed by atoms with Crippen LogP contribution in [0.3, 0.4) is 0 Å². The molecule has 2 aromatic carbocycles. The Morgan fingerprint density at radius 2 is 1.90 bits per heavy atom. The molecular formula is C21H23FN4O3S. The van der Waals surface area contributed by atoms with Gasteiger partial charge in [0, 0.05) is 32.4 Å². The Balaban J connectivity index is 1.49. The molecule has 0 spiro atoms. The molecule has 1 saturated heterocycles. The largest absolute Gasteiger partial charge is 0.371 e. The molecule has 0 saturated carbocycles. The smallest absolute Gasteiger partial charge is 0.243 e. The van der Waals surface area contributed by atoms with E-state index < -0.39 is 10.0 Å². The maximum Gasteiger partial charge on any atom is 0.243 e. The van der Waals surface area contributed by atoms with Crippen LogP contribution in [0.5, 0.6) is 0 Å². The first-order valence-electron chi connectivity index (χ1n) is 9.53. The average molecular weight is 431 g/mol. The molecule has 30 heavy (non-hydrogen) atoms. The van der Waals surface area contributed by atoms with Crippen molar-refractivity contribution in [1.82, 2.24) is 9.62 Å². The molecule has 1 heterocycles. The summed E-state index contributed by atoms with van der Waals surface area (Å²) in [6.45, 7) is 1.71. The minimum atomic E-state index is -3.82. The van der Waals surface area contributed by atoms with Crippen molar-refractivity contribution in [3.05, 3.63) is 59.9 Å². The summed E-state index contributed by atoms with van der Waals surface area (Å²) in [6, 6.07) is 13.8. The molecule has 0 aromatic heterocycles. The third-order valence-electron chi connectivity index (χ3n) is 5.12. The maximum atomic E-state index is 13.1. The first-order valence-corrected chi connectivity index (χ1v) is 11.0. The number of rotatable bonds is 7. The van der Waals surface area contributed by atoms with Gasteiger partial charge in [0.05, 0.1) is 23.1 Å². The Hall–Kier alpha value is -2.96. The number of halogens is 1. The summed E-state index contributed by atoms with van der Waals surface area (Å²) in [5.41, 5.74) is 1.30. The van der Waals surface area contributed by atoms with Crippen molar-refractivity contribution in [2.24, 2.45) is 5.92 Å². The molecule has 1 amide bonds. The number of hydrogen-bond donors (Lipinski definition) is 1. The van der Waals surface area contributed by atoms with Crippen LogP contribution in [0.25, 0.3) is 0 Å². The van der Waals surface area contributed by atoms with E-state index in [2.05, 4.69) is 10.2 Å². The molecule has 2 aromatic rings. The Kier molecular flexibility index (Phi) is 6.70. The van der Waals surface area contributed by atoms with Crippen molar-refractivity contribution in [3.8, 4) is 6.07 Å². The molecule has 158 valence electrons. The molecule has 9 heteroatoms. The van der Waals surface area contributed by atoms with E-state index in [1.54, 1.807) is 12.1 Å². The van der Waals surface area contributed by atoms with Gasteiger partial charge in [-0.25, -0.2) is 12.8 Å². The lowest BCUT2D eigenvalue weighted by Crippen LogP contribution is -2.40. The minimum absolute atomic E-state index is 0.0301. The highest BCUT2D eigenvalue weighted by atomic mass is 32.2. The van der Waals surface area contributed by atoms with Gasteiger partial charge in [-0.2, -0.15) is 9.57 Å². The summed E-state index contributed by atoms with van der Waals surface area (Å²) >= 11 is 0. The van der Waals surface area contributed by atoms with Gasteiger partial charge in [-0.15, -0.1) is 0 Å². The molecule has 1 aliphatic rings. The number of likely N-dealkylation sites (N-methyl/N-ethyl adjacent to an activating group) is 1. The normalized spacial score (nSPS) is 16.5.